The summed E-state index contributed by atoms with van der Waals surface area (Å²) in [6, 6.07) is 5.04. The second-order valence-corrected chi connectivity index (χ2v) is 5.05. The Labute approximate surface area is 113 Å². The lowest BCUT2D eigenvalue weighted by Crippen LogP contribution is -2.23. The van der Waals surface area contributed by atoms with Gasteiger partial charge in [-0.05, 0) is 37.3 Å². The quantitative estimate of drug-likeness (QED) is 0.861. The molecule has 106 valence electrons. The van der Waals surface area contributed by atoms with Crippen LogP contribution in [0.15, 0.2) is 18.2 Å². The summed E-state index contributed by atoms with van der Waals surface area (Å²) in [5, 5.41) is 0. The van der Waals surface area contributed by atoms with Gasteiger partial charge in [-0.25, -0.2) is 4.39 Å². The number of hydrogen-bond donors (Lipinski definition) is 1. The molecule has 0 aliphatic carbocycles. The summed E-state index contributed by atoms with van der Waals surface area (Å²) in [5.74, 6) is 0.0145. The Kier molecular flexibility index (Phi) is 5.16. The fraction of sp³-hybridized carbons (Fsp3) is 0.600. The Bertz CT molecular complexity index is 405. The fourth-order valence-electron chi connectivity index (χ4n) is 2.25. The van der Waals surface area contributed by atoms with Gasteiger partial charge in [0.15, 0.2) is 11.6 Å². The van der Waals surface area contributed by atoms with Crippen LogP contribution >= 0.6 is 0 Å². The Morgan fingerprint density at radius 1 is 1.53 bits per heavy atom. The van der Waals surface area contributed by atoms with Crippen LogP contribution in [0.2, 0.25) is 0 Å². The van der Waals surface area contributed by atoms with Gasteiger partial charge in [-0.1, -0.05) is 19.1 Å². The molecule has 4 heteroatoms. The van der Waals surface area contributed by atoms with Crippen LogP contribution < -0.4 is 10.5 Å². The molecule has 19 heavy (non-hydrogen) atoms. The first-order chi connectivity index (χ1) is 9.20. The molecule has 1 aromatic rings. The molecule has 1 aromatic carbocycles. The zero-order valence-corrected chi connectivity index (χ0v) is 11.4. The normalized spacial score (nSPS) is 20.5. The van der Waals surface area contributed by atoms with Crippen molar-refractivity contribution < 1.29 is 13.9 Å². The first-order valence-electron chi connectivity index (χ1n) is 6.98. The van der Waals surface area contributed by atoms with Crippen LogP contribution in [0.4, 0.5) is 4.39 Å². The standard InChI is InChI=1S/C15H22FNO2/c1-2-12(17)9-11-5-3-7-14(16)15(11)19-10-13-6-4-8-18-13/h3,5,7,12-13H,2,4,6,8-10,17H2,1H3. The molecule has 3 nitrogen and oxygen atoms in total. The largest absolute Gasteiger partial charge is 0.488 e. The first-order valence-corrected chi connectivity index (χ1v) is 6.98. The molecule has 2 atom stereocenters. The molecule has 1 heterocycles. The summed E-state index contributed by atoms with van der Waals surface area (Å²) in [5.41, 5.74) is 6.78. The van der Waals surface area contributed by atoms with Crippen molar-refractivity contribution in [3.63, 3.8) is 0 Å². The average molecular weight is 267 g/mol. The van der Waals surface area contributed by atoms with Crippen molar-refractivity contribution in [2.45, 2.75) is 44.8 Å². The highest BCUT2D eigenvalue weighted by atomic mass is 19.1. The monoisotopic (exact) mass is 267 g/mol. The van der Waals surface area contributed by atoms with E-state index in [1.54, 1.807) is 6.07 Å². The van der Waals surface area contributed by atoms with Gasteiger partial charge in [0.05, 0.1) is 6.10 Å². The lowest BCUT2D eigenvalue weighted by molar-refractivity contribution is 0.0662. The van der Waals surface area contributed by atoms with Gasteiger partial charge >= 0.3 is 0 Å². The molecule has 2 unspecified atom stereocenters. The molecular formula is C15H22FNO2. The topological polar surface area (TPSA) is 44.5 Å². The van der Waals surface area contributed by atoms with Crippen molar-refractivity contribution in [3.05, 3.63) is 29.6 Å². The summed E-state index contributed by atoms with van der Waals surface area (Å²) in [6.45, 7) is 3.21. The molecule has 1 aliphatic heterocycles. The van der Waals surface area contributed by atoms with Crippen molar-refractivity contribution in [3.8, 4) is 5.75 Å². The molecule has 1 aliphatic rings. The van der Waals surface area contributed by atoms with E-state index in [-0.39, 0.29) is 18.0 Å². The fourth-order valence-corrected chi connectivity index (χ4v) is 2.25. The van der Waals surface area contributed by atoms with Crippen molar-refractivity contribution in [2.24, 2.45) is 5.73 Å². The summed E-state index contributed by atoms with van der Waals surface area (Å²) >= 11 is 0. The molecule has 1 saturated heterocycles. The van der Waals surface area contributed by atoms with Gasteiger partial charge in [-0.3, -0.25) is 0 Å². The highest BCUT2D eigenvalue weighted by Crippen LogP contribution is 2.25. The van der Waals surface area contributed by atoms with Crippen molar-refractivity contribution >= 4 is 0 Å². The molecular weight excluding hydrogens is 245 g/mol. The SMILES string of the molecule is CCC(N)Cc1cccc(F)c1OCC1CCCO1. The van der Waals surface area contributed by atoms with Crippen LogP contribution in [0.25, 0.3) is 0 Å². The molecule has 0 amide bonds. The molecule has 2 rings (SSSR count). The smallest absolute Gasteiger partial charge is 0.165 e. The number of ether oxygens (including phenoxy) is 2. The van der Waals surface area contributed by atoms with Gasteiger partial charge in [-0.2, -0.15) is 0 Å². The minimum absolute atomic E-state index is 0.0341. The van der Waals surface area contributed by atoms with Crippen LogP contribution in [-0.4, -0.2) is 25.4 Å². The highest BCUT2D eigenvalue weighted by molar-refractivity contribution is 5.35. The summed E-state index contributed by atoms with van der Waals surface area (Å²) in [4.78, 5) is 0. The number of para-hydroxylation sites is 1. The Morgan fingerprint density at radius 3 is 3.05 bits per heavy atom. The van der Waals surface area contributed by atoms with E-state index >= 15 is 0 Å². The van der Waals surface area contributed by atoms with E-state index in [4.69, 9.17) is 15.2 Å². The van der Waals surface area contributed by atoms with Gasteiger partial charge in [0, 0.05) is 12.6 Å². The average Bonchev–Trinajstić information content (AvgIpc) is 2.91. The predicted molar refractivity (Wildman–Crippen MR) is 72.8 cm³/mol. The highest BCUT2D eigenvalue weighted by Gasteiger charge is 2.18. The minimum atomic E-state index is -0.321. The molecule has 0 aromatic heterocycles. The molecule has 2 N–H and O–H groups in total. The van der Waals surface area contributed by atoms with Crippen molar-refractivity contribution in [1.82, 2.24) is 0 Å². The minimum Gasteiger partial charge on any atom is -0.488 e. The van der Waals surface area contributed by atoms with Crippen LogP contribution in [0.3, 0.4) is 0 Å². The van der Waals surface area contributed by atoms with Gasteiger partial charge in [-0.15, -0.1) is 0 Å². The molecule has 0 bridgehead atoms. The first kappa shape index (κ1) is 14.3. The summed E-state index contributed by atoms with van der Waals surface area (Å²) in [7, 11) is 0. The maximum Gasteiger partial charge on any atom is 0.165 e. The number of benzene rings is 1. The number of rotatable bonds is 6. The third-order valence-corrected chi connectivity index (χ3v) is 3.49. The van der Waals surface area contributed by atoms with Crippen LogP contribution in [0, 0.1) is 5.82 Å². The van der Waals surface area contributed by atoms with E-state index in [9.17, 15) is 4.39 Å². The predicted octanol–water partition coefficient (Wildman–Crippen LogP) is 2.66. The maximum atomic E-state index is 13.9. The van der Waals surface area contributed by atoms with Crippen molar-refractivity contribution in [2.75, 3.05) is 13.2 Å². The summed E-state index contributed by atoms with van der Waals surface area (Å²) in [6.07, 6.45) is 3.63. The zero-order valence-electron chi connectivity index (χ0n) is 11.4. The number of hydrogen-bond acceptors (Lipinski definition) is 3. The zero-order chi connectivity index (χ0) is 13.7. The van der Waals surface area contributed by atoms with E-state index in [1.165, 1.54) is 6.07 Å². The van der Waals surface area contributed by atoms with Crippen LogP contribution in [0.1, 0.15) is 31.7 Å². The Hall–Kier alpha value is -1.13. The van der Waals surface area contributed by atoms with Gasteiger partial charge in [0.2, 0.25) is 0 Å². The maximum absolute atomic E-state index is 13.9. The summed E-state index contributed by atoms with van der Waals surface area (Å²) < 4.78 is 25.0. The molecule has 0 saturated carbocycles. The van der Waals surface area contributed by atoms with Crippen LogP contribution in [0.5, 0.6) is 5.75 Å². The second kappa shape index (κ2) is 6.87. The van der Waals surface area contributed by atoms with Gasteiger partial charge < -0.3 is 15.2 Å². The third kappa shape index (κ3) is 3.91. The molecule has 1 fully saturated rings. The van der Waals surface area contributed by atoms with E-state index in [0.29, 0.717) is 18.8 Å². The Balaban J connectivity index is 2.03. The van der Waals surface area contributed by atoms with E-state index in [1.807, 2.05) is 13.0 Å². The molecule has 0 radical (unpaired) electrons. The Morgan fingerprint density at radius 2 is 2.37 bits per heavy atom. The number of halogens is 1. The molecule has 0 spiro atoms. The van der Waals surface area contributed by atoms with Gasteiger partial charge in [0.1, 0.15) is 6.61 Å². The number of nitrogens with two attached hydrogens (primary N) is 1. The van der Waals surface area contributed by atoms with E-state index < -0.39 is 0 Å². The van der Waals surface area contributed by atoms with E-state index in [0.717, 1.165) is 31.4 Å². The third-order valence-electron chi connectivity index (χ3n) is 3.49. The van der Waals surface area contributed by atoms with E-state index in [2.05, 4.69) is 0 Å². The van der Waals surface area contributed by atoms with Crippen LogP contribution in [-0.2, 0) is 11.2 Å². The lowest BCUT2D eigenvalue weighted by atomic mass is 10.0. The van der Waals surface area contributed by atoms with Crippen molar-refractivity contribution in [1.29, 1.82) is 0 Å². The lowest BCUT2D eigenvalue weighted by Gasteiger charge is -2.17. The van der Waals surface area contributed by atoms with Gasteiger partial charge in [0.25, 0.3) is 0 Å². The second-order valence-electron chi connectivity index (χ2n) is 5.05.